The van der Waals surface area contributed by atoms with Crippen molar-refractivity contribution in [2.75, 3.05) is 13.1 Å². The van der Waals surface area contributed by atoms with Crippen molar-refractivity contribution < 1.29 is 14.7 Å². The van der Waals surface area contributed by atoms with Gasteiger partial charge in [-0.05, 0) is 54.1 Å². The summed E-state index contributed by atoms with van der Waals surface area (Å²) in [6, 6.07) is 26.9. The predicted octanol–water partition coefficient (Wildman–Crippen LogP) is 5.59. The first kappa shape index (κ1) is 22.7. The Morgan fingerprint density at radius 3 is 2.33 bits per heavy atom. The summed E-state index contributed by atoms with van der Waals surface area (Å²) < 4.78 is 0. The largest absolute Gasteiger partial charge is 0.481 e. The summed E-state index contributed by atoms with van der Waals surface area (Å²) in [6.07, 6.45) is 1.71. The number of carboxylic acids is 1. The minimum absolute atomic E-state index is 0.251. The fourth-order valence-corrected chi connectivity index (χ4v) is 4.19. The molecule has 0 spiro atoms. The molecule has 0 bridgehead atoms. The third kappa shape index (κ3) is 6.30. The highest BCUT2D eigenvalue weighted by atomic mass is 16.6. The number of oxime groups is 1. The number of likely N-dealkylation sites (tertiary alicyclic amines) is 1. The molecule has 1 heterocycles. The summed E-state index contributed by atoms with van der Waals surface area (Å²) in [6.45, 7) is 4.71. The van der Waals surface area contributed by atoms with E-state index in [0.29, 0.717) is 13.2 Å². The number of nitrogens with zero attached hydrogens (tertiary/aromatic N) is 2. The van der Waals surface area contributed by atoms with Crippen molar-refractivity contribution in [3.8, 4) is 11.1 Å². The van der Waals surface area contributed by atoms with Crippen LogP contribution in [0.25, 0.3) is 11.1 Å². The molecule has 5 nitrogen and oxygen atoms in total. The fraction of sp³-hybridized carbons (Fsp3) is 0.286. The quantitative estimate of drug-likeness (QED) is 0.365. The molecule has 1 unspecified atom stereocenters. The molecule has 3 aromatic carbocycles. The van der Waals surface area contributed by atoms with Gasteiger partial charge < -0.3 is 9.94 Å². The van der Waals surface area contributed by atoms with Crippen molar-refractivity contribution in [2.24, 2.45) is 11.1 Å². The number of hydrogen-bond acceptors (Lipinski definition) is 4. The van der Waals surface area contributed by atoms with Crippen LogP contribution in [0.4, 0.5) is 0 Å². The summed E-state index contributed by atoms with van der Waals surface area (Å²) in [5, 5.41) is 13.6. The highest BCUT2D eigenvalue weighted by Gasteiger charge is 2.25. The van der Waals surface area contributed by atoms with Crippen LogP contribution in [-0.2, 0) is 22.8 Å². The zero-order valence-electron chi connectivity index (χ0n) is 19.0. The van der Waals surface area contributed by atoms with Gasteiger partial charge in [-0.25, -0.2) is 0 Å². The van der Waals surface area contributed by atoms with Crippen LogP contribution in [0.3, 0.4) is 0 Å². The predicted molar refractivity (Wildman–Crippen MR) is 131 cm³/mol. The molecule has 0 radical (unpaired) electrons. The maximum atomic E-state index is 11.3. The molecule has 4 rings (SSSR count). The fourth-order valence-electron chi connectivity index (χ4n) is 4.19. The van der Waals surface area contributed by atoms with Gasteiger partial charge in [0, 0.05) is 13.1 Å². The van der Waals surface area contributed by atoms with E-state index in [1.54, 1.807) is 0 Å². The van der Waals surface area contributed by atoms with Crippen LogP contribution in [0.2, 0.25) is 0 Å². The number of carboxylic acid groups (broad SMARTS) is 1. The van der Waals surface area contributed by atoms with Gasteiger partial charge in [0.25, 0.3) is 0 Å². The Labute approximate surface area is 195 Å². The van der Waals surface area contributed by atoms with Crippen molar-refractivity contribution in [1.29, 1.82) is 0 Å². The number of benzene rings is 3. The average molecular weight is 443 g/mol. The summed E-state index contributed by atoms with van der Waals surface area (Å²) in [7, 11) is 0. The number of carbonyl (C=O) groups is 1. The Bertz CT molecular complexity index is 1080. The Morgan fingerprint density at radius 1 is 0.970 bits per heavy atom. The monoisotopic (exact) mass is 442 g/mol. The summed E-state index contributed by atoms with van der Waals surface area (Å²) in [4.78, 5) is 19.1. The molecule has 0 saturated carbocycles. The van der Waals surface area contributed by atoms with Gasteiger partial charge in [-0.3, -0.25) is 9.69 Å². The van der Waals surface area contributed by atoms with E-state index in [0.717, 1.165) is 42.8 Å². The Kier molecular flexibility index (Phi) is 7.53. The zero-order chi connectivity index (χ0) is 23.0. The summed E-state index contributed by atoms with van der Waals surface area (Å²) in [5.41, 5.74) is 6.47. The smallest absolute Gasteiger partial charge is 0.307 e. The van der Waals surface area contributed by atoms with E-state index in [-0.39, 0.29) is 5.92 Å². The van der Waals surface area contributed by atoms with E-state index in [9.17, 15) is 9.90 Å². The van der Waals surface area contributed by atoms with Gasteiger partial charge in [-0.2, -0.15) is 0 Å². The number of hydrogen-bond donors (Lipinski definition) is 1. The Balaban J connectivity index is 1.28. The Hall–Kier alpha value is -3.44. The van der Waals surface area contributed by atoms with E-state index in [4.69, 9.17) is 4.84 Å². The van der Waals surface area contributed by atoms with E-state index < -0.39 is 5.97 Å². The van der Waals surface area contributed by atoms with Gasteiger partial charge in [0.05, 0.1) is 11.6 Å². The first-order valence-electron chi connectivity index (χ1n) is 11.4. The standard InChI is InChI=1S/C28H30N2O3/c1-21(29-33-20-23-11-15-26(16-12-23)25-6-3-2-4-7-25)24-13-9-22(10-14-24)18-30-17-5-8-27(19-30)28(31)32/h2-4,6-7,9-16,27H,5,8,17-20H2,1H3,(H,31,32)/b29-21-. The van der Waals surface area contributed by atoms with Crippen molar-refractivity contribution in [2.45, 2.75) is 32.9 Å². The molecular weight excluding hydrogens is 412 g/mol. The Morgan fingerprint density at radius 2 is 1.64 bits per heavy atom. The van der Waals surface area contributed by atoms with Crippen molar-refractivity contribution in [3.05, 3.63) is 95.6 Å². The molecule has 0 aromatic heterocycles. The molecule has 0 aliphatic carbocycles. The lowest BCUT2D eigenvalue weighted by atomic mass is 9.97. The van der Waals surface area contributed by atoms with E-state index >= 15 is 0 Å². The van der Waals surface area contributed by atoms with Crippen molar-refractivity contribution >= 4 is 11.7 Å². The van der Waals surface area contributed by atoms with Crippen LogP contribution in [0.15, 0.2) is 84.0 Å². The first-order chi connectivity index (χ1) is 16.1. The van der Waals surface area contributed by atoms with Crippen LogP contribution in [0, 0.1) is 5.92 Å². The lowest BCUT2D eigenvalue weighted by Crippen LogP contribution is -2.38. The highest BCUT2D eigenvalue weighted by molar-refractivity contribution is 5.98. The molecule has 33 heavy (non-hydrogen) atoms. The van der Waals surface area contributed by atoms with Crippen LogP contribution < -0.4 is 0 Å². The van der Waals surface area contributed by atoms with E-state index in [1.165, 1.54) is 16.7 Å². The van der Waals surface area contributed by atoms with Gasteiger partial charge in [0.15, 0.2) is 0 Å². The normalized spacial score (nSPS) is 17.0. The molecule has 1 saturated heterocycles. The minimum atomic E-state index is -0.686. The zero-order valence-corrected chi connectivity index (χ0v) is 19.0. The van der Waals surface area contributed by atoms with Crippen LogP contribution in [-0.4, -0.2) is 34.8 Å². The van der Waals surface area contributed by atoms with Gasteiger partial charge in [-0.15, -0.1) is 0 Å². The number of piperidine rings is 1. The van der Waals surface area contributed by atoms with Gasteiger partial charge in [0.1, 0.15) is 6.61 Å². The minimum Gasteiger partial charge on any atom is -0.481 e. The molecule has 170 valence electrons. The van der Waals surface area contributed by atoms with Gasteiger partial charge >= 0.3 is 5.97 Å². The van der Waals surface area contributed by atoms with Crippen LogP contribution >= 0.6 is 0 Å². The number of rotatable bonds is 8. The first-order valence-corrected chi connectivity index (χ1v) is 11.4. The molecule has 1 atom stereocenters. The van der Waals surface area contributed by atoms with Gasteiger partial charge in [-0.1, -0.05) is 84.0 Å². The number of aliphatic carboxylic acids is 1. The summed E-state index contributed by atoms with van der Waals surface area (Å²) in [5.74, 6) is -0.937. The van der Waals surface area contributed by atoms with Gasteiger partial charge in [0.2, 0.25) is 0 Å². The molecule has 1 aliphatic heterocycles. The highest BCUT2D eigenvalue weighted by Crippen LogP contribution is 2.20. The molecule has 1 fully saturated rings. The van der Waals surface area contributed by atoms with Crippen LogP contribution in [0.1, 0.15) is 36.5 Å². The topological polar surface area (TPSA) is 62.1 Å². The van der Waals surface area contributed by atoms with Crippen LogP contribution in [0.5, 0.6) is 0 Å². The second-order valence-corrected chi connectivity index (χ2v) is 8.62. The summed E-state index contributed by atoms with van der Waals surface area (Å²) >= 11 is 0. The third-order valence-corrected chi connectivity index (χ3v) is 6.13. The molecule has 1 aliphatic rings. The average Bonchev–Trinajstić information content (AvgIpc) is 2.85. The molecule has 1 N–H and O–H groups in total. The maximum Gasteiger partial charge on any atom is 0.307 e. The maximum absolute atomic E-state index is 11.3. The third-order valence-electron chi connectivity index (χ3n) is 6.13. The second kappa shape index (κ2) is 10.9. The SMILES string of the molecule is C/C(=N/OCc1ccc(-c2ccccc2)cc1)c1ccc(CN2CCCC(C(=O)O)C2)cc1. The molecule has 3 aromatic rings. The lowest BCUT2D eigenvalue weighted by molar-refractivity contribution is -0.143. The lowest BCUT2D eigenvalue weighted by Gasteiger charge is -2.30. The van der Waals surface area contributed by atoms with E-state index in [2.05, 4.69) is 58.6 Å². The molecule has 5 heteroatoms. The molecule has 0 amide bonds. The van der Waals surface area contributed by atoms with Crippen molar-refractivity contribution in [1.82, 2.24) is 4.90 Å². The second-order valence-electron chi connectivity index (χ2n) is 8.62. The molecular formula is C28H30N2O3. The van der Waals surface area contributed by atoms with Crippen molar-refractivity contribution in [3.63, 3.8) is 0 Å². The van der Waals surface area contributed by atoms with E-state index in [1.807, 2.05) is 37.3 Å².